The SMILES string of the molecule is CC1CC=C(c2cc3ccccc3n2S(=O)(=O)c2ccccc2)CC1. The van der Waals surface area contributed by atoms with Gasteiger partial charge in [0.15, 0.2) is 0 Å². The fraction of sp³-hybridized carbons (Fsp3) is 0.238. The number of hydrogen-bond donors (Lipinski definition) is 0. The average molecular weight is 351 g/mol. The van der Waals surface area contributed by atoms with Crippen molar-refractivity contribution >= 4 is 26.5 Å². The zero-order valence-corrected chi connectivity index (χ0v) is 15.0. The highest BCUT2D eigenvalue weighted by Crippen LogP contribution is 2.35. The molecule has 3 aromatic rings. The Morgan fingerprint density at radius 2 is 1.72 bits per heavy atom. The molecule has 1 unspecified atom stereocenters. The molecule has 0 fully saturated rings. The van der Waals surface area contributed by atoms with Crippen LogP contribution in [0.25, 0.3) is 16.5 Å². The summed E-state index contributed by atoms with van der Waals surface area (Å²) in [5.41, 5.74) is 2.67. The maximum atomic E-state index is 13.4. The number of hydrogen-bond acceptors (Lipinski definition) is 2. The molecular formula is C21H21NO2S. The molecule has 128 valence electrons. The molecule has 0 radical (unpaired) electrons. The number of nitrogens with zero attached hydrogens (tertiary/aromatic N) is 1. The van der Waals surface area contributed by atoms with E-state index < -0.39 is 10.0 Å². The maximum absolute atomic E-state index is 13.4. The number of para-hydroxylation sites is 1. The van der Waals surface area contributed by atoms with Crippen LogP contribution in [0.3, 0.4) is 0 Å². The first-order chi connectivity index (χ1) is 12.1. The van der Waals surface area contributed by atoms with Gasteiger partial charge < -0.3 is 0 Å². The van der Waals surface area contributed by atoms with Gasteiger partial charge in [-0.2, -0.15) is 0 Å². The topological polar surface area (TPSA) is 39.1 Å². The van der Waals surface area contributed by atoms with Crippen molar-refractivity contribution in [2.45, 2.75) is 31.1 Å². The van der Waals surface area contributed by atoms with Crippen LogP contribution in [0.2, 0.25) is 0 Å². The molecule has 0 saturated heterocycles. The largest absolute Gasteiger partial charge is 0.268 e. The van der Waals surface area contributed by atoms with Gasteiger partial charge in [0, 0.05) is 5.39 Å². The second-order valence-electron chi connectivity index (χ2n) is 6.78. The predicted molar refractivity (Wildman–Crippen MR) is 102 cm³/mol. The lowest BCUT2D eigenvalue weighted by atomic mass is 9.90. The molecule has 0 N–H and O–H groups in total. The molecular weight excluding hydrogens is 330 g/mol. The smallest absolute Gasteiger partial charge is 0.234 e. The van der Waals surface area contributed by atoms with Crippen molar-refractivity contribution in [3.05, 3.63) is 72.4 Å². The van der Waals surface area contributed by atoms with Gasteiger partial charge in [0.25, 0.3) is 10.0 Å². The normalized spacial score (nSPS) is 18.3. The number of aromatic nitrogens is 1. The van der Waals surface area contributed by atoms with Gasteiger partial charge in [0.05, 0.1) is 16.1 Å². The number of benzene rings is 2. The predicted octanol–water partition coefficient (Wildman–Crippen LogP) is 5.08. The first-order valence-corrected chi connectivity index (χ1v) is 10.1. The van der Waals surface area contributed by atoms with Crippen LogP contribution >= 0.6 is 0 Å². The van der Waals surface area contributed by atoms with Crippen molar-refractivity contribution in [3.63, 3.8) is 0 Å². The molecule has 0 amide bonds. The minimum atomic E-state index is -3.64. The summed E-state index contributed by atoms with van der Waals surface area (Å²) in [6.07, 6.45) is 5.22. The number of fused-ring (bicyclic) bond motifs is 1. The van der Waals surface area contributed by atoms with Gasteiger partial charge in [-0.05, 0) is 55.0 Å². The number of allylic oxidation sites excluding steroid dienone is 2. The van der Waals surface area contributed by atoms with E-state index in [2.05, 4.69) is 13.0 Å². The van der Waals surface area contributed by atoms with E-state index >= 15 is 0 Å². The average Bonchev–Trinajstić information content (AvgIpc) is 3.03. The zero-order chi connectivity index (χ0) is 17.4. The Balaban J connectivity index is 1.98. The van der Waals surface area contributed by atoms with E-state index in [0.29, 0.717) is 10.8 Å². The summed E-state index contributed by atoms with van der Waals surface area (Å²) in [6, 6.07) is 18.4. The first-order valence-electron chi connectivity index (χ1n) is 8.68. The quantitative estimate of drug-likeness (QED) is 0.660. The molecule has 1 aliphatic rings. The van der Waals surface area contributed by atoms with E-state index in [1.54, 1.807) is 24.3 Å². The summed E-state index contributed by atoms with van der Waals surface area (Å²) in [6.45, 7) is 2.24. The van der Waals surface area contributed by atoms with Crippen LogP contribution in [0, 0.1) is 5.92 Å². The van der Waals surface area contributed by atoms with Crippen molar-refractivity contribution in [2.75, 3.05) is 0 Å². The van der Waals surface area contributed by atoms with Crippen LogP contribution in [0.5, 0.6) is 0 Å². The summed E-state index contributed by atoms with van der Waals surface area (Å²) in [7, 11) is -3.64. The first kappa shape index (κ1) is 16.2. The fourth-order valence-corrected chi connectivity index (χ4v) is 5.07. The third kappa shape index (κ3) is 2.81. The number of rotatable bonds is 3. The van der Waals surface area contributed by atoms with Crippen LogP contribution in [-0.4, -0.2) is 12.4 Å². The third-order valence-corrected chi connectivity index (χ3v) is 6.69. The molecule has 0 bridgehead atoms. The molecule has 25 heavy (non-hydrogen) atoms. The minimum Gasteiger partial charge on any atom is -0.234 e. The van der Waals surface area contributed by atoms with Gasteiger partial charge in [-0.15, -0.1) is 0 Å². The highest BCUT2D eigenvalue weighted by Gasteiger charge is 2.25. The van der Waals surface area contributed by atoms with E-state index in [1.165, 1.54) is 3.97 Å². The van der Waals surface area contributed by atoms with Gasteiger partial charge in [0.2, 0.25) is 0 Å². The summed E-state index contributed by atoms with van der Waals surface area (Å²) < 4.78 is 28.3. The van der Waals surface area contributed by atoms with Crippen LogP contribution in [0.15, 0.2) is 71.6 Å². The van der Waals surface area contributed by atoms with Crippen LogP contribution in [-0.2, 0) is 10.0 Å². The summed E-state index contributed by atoms with van der Waals surface area (Å²) in [4.78, 5) is 0.322. The lowest BCUT2D eigenvalue weighted by Crippen LogP contribution is -2.16. The van der Waals surface area contributed by atoms with Crippen molar-refractivity contribution < 1.29 is 8.42 Å². The lowest BCUT2D eigenvalue weighted by molar-refractivity contribution is 0.533. The Hall–Kier alpha value is -2.33. The van der Waals surface area contributed by atoms with Gasteiger partial charge in [0.1, 0.15) is 0 Å². The molecule has 0 saturated carbocycles. The Bertz CT molecular complexity index is 1050. The summed E-state index contributed by atoms with van der Waals surface area (Å²) in [5, 5.41) is 0.955. The summed E-state index contributed by atoms with van der Waals surface area (Å²) in [5.74, 6) is 0.660. The van der Waals surface area contributed by atoms with Crippen LogP contribution in [0.4, 0.5) is 0 Å². The second-order valence-corrected chi connectivity index (χ2v) is 8.57. The van der Waals surface area contributed by atoms with E-state index in [4.69, 9.17) is 0 Å². The van der Waals surface area contributed by atoms with Gasteiger partial charge in [-0.25, -0.2) is 12.4 Å². The Kier molecular flexibility index (Phi) is 4.00. The second kappa shape index (κ2) is 6.19. The molecule has 1 heterocycles. The molecule has 4 rings (SSSR count). The van der Waals surface area contributed by atoms with E-state index in [-0.39, 0.29) is 0 Å². The maximum Gasteiger partial charge on any atom is 0.268 e. The van der Waals surface area contributed by atoms with Crippen molar-refractivity contribution in [2.24, 2.45) is 5.92 Å². The monoisotopic (exact) mass is 351 g/mol. The van der Waals surface area contributed by atoms with E-state index in [1.807, 2.05) is 36.4 Å². The Labute approximate surface area is 148 Å². The van der Waals surface area contributed by atoms with Crippen molar-refractivity contribution in [3.8, 4) is 0 Å². The van der Waals surface area contributed by atoms with Gasteiger partial charge in [-0.3, -0.25) is 0 Å². The molecule has 1 aliphatic carbocycles. The van der Waals surface area contributed by atoms with Crippen molar-refractivity contribution in [1.29, 1.82) is 0 Å². The molecule has 0 aliphatic heterocycles. The molecule has 2 aromatic carbocycles. The Morgan fingerprint density at radius 3 is 2.44 bits per heavy atom. The summed E-state index contributed by atoms with van der Waals surface area (Å²) >= 11 is 0. The van der Waals surface area contributed by atoms with E-state index in [0.717, 1.165) is 41.4 Å². The van der Waals surface area contributed by atoms with E-state index in [9.17, 15) is 8.42 Å². The minimum absolute atomic E-state index is 0.322. The molecule has 4 heteroatoms. The van der Waals surface area contributed by atoms with Crippen molar-refractivity contribution in [1.82, 2.24) is 3.97 Å². The Morgan fingerprint density at radius 1 is 1.00 bits per heavy atom. The van der Waals surface area contributed by atoms with Crippen LogP contribution in [0.1, 0.15) is 31.9 Å². The molecule has 3 nitrogen and oxygen atoms in total. The van der Waals surface area contributed by atoms with Gasteiger partial charge >= 0.3 is 0 Å². The highest BCUT2D eigenvalue weighted by atomic mass is 32.2. The highest BCUT2D eigenvalue weighted by molar-refractivity contribution is 7.90. The standard InChI is InChI=1S/C21H21NO2S/c1-16-11-13-17(14-12-16)21-15-18-7-5-6-10-20(18)22(21)25(23,24)19-8-3-2-4-9-19/h2-10,13,15-16H,11-12,14H2,1H3. The lowest BCUT2D eigenvalue weighted by Gasteiger charge is -2.20. The fourth-order valence-electron chi connectivity index (χ4n) is 3.51. The van der Waals surface area contributed by atoms with Gasteiger partial charge in [-0.1, -0.05) is 49.4 Å². The zero-order valence-electron chi connectivity index (χ0n) is 14.2. The molecule has 1 atom stereocenters. The molecule has 1 aromatic heterocycles. The third-order valence-electron chi connectivity index (χ3n) is 4.95. The molecule has 0 spiro atoms. The van der Waals surface area contributed by atoms with Crippen LogP contribution < -0.4 is 0 Å².